The van der Waals surface area contributed by atoms with Crippen molar-refractivity contribution in [3.8, 4) is 0 Å². The zero-order chi connectivity index (χ0) is 29.4. The first-order chi connectivity index (χ1) is 17.9. The molecule has 3 saturated carbocycles. The van der Waals surface area contributed by atoms with Crippen LogP contribution in [0.3, 0.4) is 0 Å². The lowest BCUT2D eigenvalue weighted by Crippen LogP contribution is -2.50. The first kappa shape index (κ1) is 33.2. The maximum Gasteiger partial charge on any atom is 0.0605 e. The van der Waals surface area contributed by atoms with E-state index in [1.165, 1.54) is 57.8 Å². The van der Waals surface area contributed by atoms with Crippen LogP contribution in [0.4, 0.5) is 0 Å². The second-order valence-corrected chi connectivity index (χ2v) is 17.2. The summed E-state index contributed by atoms with van der Waals surface area (Å²) in [5, 5.41) is 10.2. The summed E-state index contributed by atoms with van der Waals surface area (Å²) in [4.78, 5) is 0. The standard InChI is InChI=1S/C29H50O.C8H18O/c1-7-21(19(2)3)9-8-20(4)25-12-13-26-24-11-10-22-18-23(30)14-16-28(22,5)27(24)15-17-29(25,26)6;1-7(2,3)9-8(4,5)6/h10,19-21,23-27,30H,7-9,11-18H2,1-6H3;1-6H3/t20-,21-,23+,24+,25-,26+,27+,28+,29-;/m1./s1. The van der Waals surface area contributed by atoms with Gasteiger partial charge in [-0.2, -0.15) is 0 Å². The second kappa shape index (κ2) is 12.5. The Morgan fingerprint density at radius 3 is 2.08 bits per heavy atom. The highest BCUT2D eigenvalue weighted by Gasteiger charge is 2.59. The summed E-state index contributed by atoms with van der Waals surface area (Å²) in [5.41, 5.74) is 2.55. The molecule has 2 nitrogen and oxygen atoms in total. The van der Waals surface area contributed by atoms with Gasteiger partial charge in [0.1, 0.15) is 0 Å². The van der Waals surface area contributed by atoms with Crippen molar-refractivity contribution in [3.05, 3.63) is 11.6 Å². The van der Waals surface area contributed by atoms with Crippen LogP contribution in [0.5, 0.6) is 0 Å². The lowest BCUT2D eigenvalue weighted by Gasteiger charge is -2.58. The molecule has 0 spiro atoms. The molecule has 228 valence electrons. The van der Waals surface area contributed by atoms with E-state index < -0.39 is 0 Å². The van der Waals surface area contributed by atoms with Gasteiger partial charge in [-0.15, -0.1) is 0 Å². The van der Waals surface area contributed by atoms with Gasteiger partial charge in [-0.1, -0.05) is 66.0 Å². The van der Waals surface area contributed by atoms with Crippen LogP contribution in [0, 0.1) is 52.3 Å². The molecule has 0 heterocycles. The van der Waals surface area contributed by atoms with Crippen molar-refractivity contribution in [3.63, 3.8) is 0 Å². The summed E-state index contributed by atoms with van der Waals surface area (Å²) >= 11 is 0. The number of hydrogen-bond acceptors (Lipinski definition) is 2. The van der Waals surface area contributed by atoms with Gasteiger partial charge in [0.25, 0.3) is 0 Å². The molecule has 3 fully saturated rings. The summed E-state index contributed by atoms with van der Waals surface area (Å²) in [6, 6.07) is 0. The summed E-state index contributed by atoms with van der Waals surface area (Å²) in [6.07, 6.45) is 17.1. The molecule has 0 unspecified atom stereocenters. The van der Waals surface area contributed by atoms with Crippen LogP contribution in [-0.2, 0) is 4.74 Å². The van der Waals surface area contributed by atoms with Crippen molar-refractivity contribution in [2.24, 2.45) is 52.3 Å². The molecule has 0 bridgehead atoms. The Balaban J connectivity index is 0.000000403. The normalized spacial score (nSPS) is 38.1. The third-order valence-electron chi connectivity index (χ3n) is 11.9. The van der Waals surface area contributed by atoms with E-state index in [2.05, 4.69) is 89.2 Å². The van der Waals surface area contributed by atoms with Crippen LogP contribution in [0.25, 0.3) is 0 Å². The number of aliphatic hydroxyl groups excluding tert-OH is 1. The largest absolute Gasteiger partial charge is 0.393 e. The molecule has 2 heteroatoms. The molecule has 0 aromatic carbocycles. The van der Waals surface area contributed by atoms with E-state index in [4.69, 9.17) is 4.74 Å². The Hall–Kier alpha value is -0.340. The van der Waals surface area contributed by atoms with E-state index >= 15 is 0 Å². The molecule has 0 radical (unpaired) electrons. The number of aliphatic hydroxyl groups is 1. The molecule has 0 saturated heterocycles. The first-order valence-corrected chi connectivity index (χ1v) is 17.0. The minimum absolute atomic E-state index is 0.0156. The average molecular weight is 545 g/mol. The summed E-state index contributed by atoms with van der Waals surface area (Å²) in [7, 11) is 0. The number of allylic oxidation sites excluding steroid dienone is 1. The summed E-state index contributed by atoms with van der Waals surface area (Å²) in [6.45, 7) is 27.5. The molecule has 9 atom stereocenters. The van der Waals surface area contributed by atoms with Gasteiger partial charge in [0.05, 0.1) is 17.3 Å². The zero-order valence-electron chi connectivity index (χ0n) is 28.3. The molecule has 4 aliphatic carbocycles. The maximum absolute atomic E-state index is 10.2. The number of ether oxygens (including phenoxy) is 1. The molecule has 1 N–H and O–H groups in total. The van der Waals surface area contributed by atoms with Gasteiger partial charge in [-0.05, 0) is 152 Å². The van der Waals surface area contributed by atoms with Crippen LogP contribution in [0.2, 0.25) is 0 Å². The number of fused-ring (bicyclic) bond motifs is 5. The van der Waals surface area contributed by atoms with E-state index in [-0.39, 0.29) is 17.3 Å². The van der Waals surface area contributed by atoms with Crippen molar-refractivity contribution >= 4 is 0 Å². The first-order valence-electron chi connectivity index (χ1n) is 17.0. The van der Waals surface area contributed by atoms with Gasteiger partial charge >= 0.3 is 0 Å². The van der Waals surface area contributed by atoms with Gasteiger partial charge in [-0.25, -0.2) is 0 Å². The second-order valence-electron chi connectivity index (χ2n) is 17.2. The number of hydrogen-bond donors (Lipinski definition) is 1. The van der Waals surface area contributed by atoms with Crippen molar-refractivity contribution in [2.45, 2.75) is 171 Å². The van der Waals surface area contributed by atoms with Crippen LogP contribution in [-0.4, -0.2) is 22.4 Å². The molecule has 39 heavy (non-hydrogen) atoms. The van der Waals surface area contributed by atoms with Crippen LogP contribution < -0.4 is 0 Å². The Kier molecular flexibility index (Phi) is 10.6. The van der Waals surface area contributed by atoms with Gasteiger partial charge < -0.3 is 9.84 Å². The molecule has 4 aliphatic rings. The molecule has 0 aliphatic heterocycles. The molecule has 0 aromatic heterocycles. The fraction of sp³-hybridized carbons (Fsp3) is 0.946. The molecular formula is C37H68O2. The quantitative estimate of drug-likeness (QED) is 0.337. The Morgan fingerprint density at radius 2 is 1.54 bits per heavy atom. The van der Waals surface area contributed by atoms with E-state index in [1.54, 1.807) is 5.57 Å². The Morgan fingerprint density at radius 1 is 0.897 bits per heavy atom. The van der Waals surface area contributed by atoms with Gasteiger partial charge in [0.2, 0.25) is 0 Å². The average Bonchev–Trinajstić information content (AvgIpc) is 3.15. The topological polar surface area (TPSA) is 29.5 Å². The predicted molar refractivity (Wildman–Crippen MR) is 169 cm³/mol. The molecule has 4 rings (SSSR count). The molecule has 0 amide bonds. The smallest absolute Gasteiger partial charge is 0.0605 e. The molecule has 0 aromatic rings. The minimum atomic E-state index is -0.0794. The number of rotatable bonds is 6. The Bertz CT molecular complexity index is 800. The van der Waals surface area contributed by atoms with Crippen LogP contribution in [0.15, 0.2) is 11.6 Å². The van der Waals surface area contributed by atoms with E-state index in [9.17, 15) is 5.11 Å². The van der Waals surface area contributed by atoms with E-state index in [1.807, 2.05) is 0 Å². The van der Waals surface area contributed by atoms with Crippen molar-refractivity contribution < 1.29 is 9.84 Å². The summed E-state index contributed by atoms with van der Waals surface area (Å²) in [5.74, 6) is 6.31. The minimum Gasteiger partial charge on any atom is -0.393 e. The van der Waals surface area contributed by atoms with Crippen molar-refractivity contribution in [1.82, 2.24) is 0 Å². The van der Waals surface area contributed by atoms with Gasteiger partial charge in [-0.3, -0.25) is 0 Å². The lowest BCUT2D eigenvalue weighted by molar-refractivity contribution is -0.102. The third-order valence-corrected chi connectivity index (χ3v) is 11.9. The lowest BCUT2D eigenvalue weighted by atomic mass is 9.47. The molecular weight excluding hydrogens is 476 g/mol. The highest BCUT2D eigenvalue weighted by molar-refractivity contribution is 5.25. The van der Waals surface area contributed by atoms with Crippen LogP contribution >= 0.6 is 0 Å². The third kappa shape index (κ3) is 7.74. The van der Waals surface area contributed by atoms with Gasteiger partial charge in [0.15, 0.2) is 0 Å². The zero-order valence-corrected chi connectivity index (χ0v) is 28.3. The van der Waals surface area contributed by atoms with Crippen molar-refractivity contribution in [2.75, 3.05) is 0 Å². The van der Waals surface area contributed by atoms with E-state index in [0.29, 0.717) is 10.8 Å². The predicted octanol–water partition coefficient (Wildman–Crippen LogP) is 10.6. The van der Waals surface area contributed by atoms with Crippen LogP contribution in [0.1, 0.15) is 154 Å². The SMILES string of the molecule is CC(C)(C)OC(C)(C)C.CC[C@H](CC[C@@H](C)[C@H]1CC[C@H]2[C@@H]3CC=C4C[C@@H](O)CC[C@]4(C)[C@H]3CC[C@]12C)C(C)C. The maximum atomic E-state index is 10.2. The highest BCUT2D eigenvalue weighted by Crippen LogP contribution is 2.67. The summed E-state index contributed by atoms with van der Waals surface area (Å²) < 4.78 is 5.62. The van der Waals surface area contributed by atoms with Crippen molar-refractivity contribution in [1.29, 1.82) is 0 Å². The van der Waals surface area contributed by atoms with E-state index in [0.717, 1.165) is 54.3 Å². The monoisotopic (exact) mass is 545 g/mol. The van der Waals surface area contributed by atoms with Gasteiger partial charge in [0, 0.05) is 0 Å². The fourth-order valence-corrected chi connectivity index (χ4v) is 10.2. The fourth-order valence-electron chi connectivity index (χ4n) is 10.2. The Labute approximate surface area is 244 Å². The highest BCUT2D eigenvalue weighted by atomic mass is 16.5.